The molecule has 6 heteroatoms. The summed E-state index contributed by atoms with van der Waals surface area (Å²) < 4.78 is 10.7. The third-order valence-corrected chi connectivity index (χ3v) is 5.73. The SMILES string of the molecule is CCCCCCCCCCOC(=O)CCCC(=O)Oc1c(Cl)cc(Cl)c2ccccc12. The fraction of sp³-hybridized carbons (Fsp3) is 0.520. The number of carbonyl (C=O) groups is 2. The predicted molar refractivity (Wildman–Crippen MR) is 127 cm³/mol. The summed E-state index contributed by atoms with van der Waals surface area (Å²) in [6.45, 7) is 2.67. The smallest absolute Gasteiger partial charge is 0.311 e. The molecule has 2 rings (SSSR count). The van der Waals surface area contributed by atoms with Crippen molar-refractivity contribution in [3.8, 4) is 5.75 Å². The van der Waals surface area contributed by atoms with Gasteiger partial charge in [-0.15, -0.1) is 0 Å². The van der Waals surface area contributed by atoms with E-state index in [2.05, 4.69) is 6.92 Å². The molecule has 0 saturated carbocycles. The fourth-order valence-electron chi connectivity index (χ4n) is 3.41. The molecule has 170 valence electrons. The summed E-state index contributed by atoms with van der Waals surface area (Å²) in [6, 6.07) is 8.89. The molecule has 0 radical (unpaired) electrons. The zero-order valence-electron chi connectivity index (χ0n) is 18.3. The number of unbranched alkanes of at least 4 members (excludes halogenated alkanes) is 7. The summed E-state index contributed by atoms with van der Waals surface area (Å²) in [5, 5.41) is 2.22. The Hall–Kier alpha value is -1.78. The van der Waals surface area contributed by atoms with E-state index in [-0.39, 0.29) is 23.8 Å². The van der Waals surface area contributed by atoms with Gasteiger partial charge in [0, 0.05) is 23.6 Å². The number of rotatable bonds is 14. The average Bonchev–Trinajstić information content (AvgIpc) is 2.75. The number of hydrogen-bond donors (Lipinski definition) is 0. The summed E-state index contributed by atoms with van der Waals surface area (Å²) >= 11 is 12.4. The Balaban J connectivity index is 1.63. The van der Waals surface area contributed by atoms with Crippen LogP contribution < -0.4 is 4.74 Å². The lowest BCUT2D eigenvalue weighted by Gasteiger charge is -2.11. The van der Waals surface area contributed by atoms with Gasteiger partial charge in [0.05, 0.1) is 16.7 Å². The van der Waals surface area contributed by atoms with Gasteiger partial charge < -0.3 is 9.47 Å². The van der Waals surface area contributed by atoms with Gasteiger partial charge in [0.15, 0.2) is 5.75 Å². The first kappa shape index (κ1) is 25.5. The standard InChI is InChI=1S/C25H32Cl2O4/c1-2-3-4-5-6-7-8-11-17-30-23(28)15-12-16-24(29)31-25-20-14-10-9-13-19(20)21(26)18-22(25)27/h9-10,13-14,18H,2-8,11-12,15-17H2,1H3. The summed E-state index contributed by atoms with van der Waals surface area (Å²) in [6.07, 6.45) is 10.3. The van der Waals surface area contributed by atoms with Crippen molar-refractivity contribution in [2.75, 3.05) is 6.61 Å². The minimum absolute atomic E-state index is 0.111. The number of carbonyl (C=O) groups excluding carboxylic acids is 2. The average molecular weight is 467 g/mol. The third kappa shape index (κ3) is 9.08. The van der Waals surface area contributed by atoms with Crippen LogP contribution in [0.1, 0.15) is 77.6 Å². The van der Waals surface area contributed by atoms with E-state index in [0.717, 1.165) is 18.2 Å². The van der Waals surface area contributed by atoms with Crippen LogP contribution in [0.5, 0.6) is 5.75 Å². The number of halogens is 2. The van der Waals surface area contributed by atoms with Gasteiger partial charge in [-0.2, -0.15) is 0 Å². The highest BCUT2D eigenvalue weighted by atomic mass is 35.5. The summed E-state index contributed by atoms with van der Waals surface area (Å²) in [7, 11) is 0. The van der Waals surface area contributed by atoms with Crippen molar-refractivity contribution in [2.24, 2.45) is 0 Å². The van der Waals surface area contributed by atoms with E-state index in [4.69, 9.17) is 32.7 Å². The monoisotopic (exact) mass is 466 g/mol. The maximum Gasteiger partial charge on any atom is 0.311 e. The fourth-order valence-corrected chi connectivity index (χ4v) is 3.99. The number of hydrogen-bond acceptors (Lipinski definition) is 4. The molecule has 0 N–H and O–H groups in total. The lowest BCUT2D eigenvalue weighted by atomic mass is 10.1. The van der Waals surface area contributed by atoms with Crippen LogP contribution in [0.15, 0.2) is 30.3 Å². The van der Waals surface area contributed by atoms with Gasteiger partial charge in [0.2, 0.25) is 0 Å². The molecule has 0 unspecified atom stereocenters. The highest BCUT2D eigenvalue weighted by Crippen LogP contribution is 2.38. The maximum atomic E-state index is 12.2. The Morgan fingerprint density at radius 2 is 1.39 bits per heavy atom. The predicted octanol–water partition coefficient (Wildman–Crippen LogP) is 7.91. The van der Waals surface area contributed by atoms with Crippen molar-refractivity contribution < 1.29 is 19.1 Å². The van der Waals surface area contributed by atoms with Crippen LogP contribution in [-0.4, -0.2) is 18.5 Å². The highest BCUT2D eigenvalue weighted by molar-refractivity contribution is 6.40. The van der Waals surface area contributed by atoms with Gasteiger partial charge in [-0.3, -0.25) is 9.59 Å². The lowest BCUT2D eigenvalue weighted by Crippen LogP contribution is -2.11. The normalized spacial score (nSPS) is 10.9. The van der Waals surface area contributed by atoms with Crippen LogP contribution >= 0.6 is 23.2 Å². The molecule has 0 aliphatic carbocycles. The Kier molecular flexibility index (Phi) is 11.8. The van der Waals surface area contributed by atoms with Gasteiger partial charge in [-0.25, -0.2) is 0 Å². The molecule has 4 nitrogen and oxygen atoms in total. The van der Waals surface area contributed by atoms with Crippen molar-refractivity contribution in [1.29, 1.82) is 0 Å². The first-order valence-electron chi connectivity index (χ1n) is 11.3. The second-order valence-electron chi connectivity index (χ2n) is 7.74. The number of ether oxygens (including phenoxy) is 2. The van der Waals surface area contributed by atoms with Gasteiger partial charge in [-0.05, 0) is 18.9 Å². The van der Waals surface area contributed by atoms with E-state index >= 15 is 0 Å². The molecule has 0 aliphatic heterocycles. The molecule has 0 aliphatic rings. The molecule has 0 aromatic heterocycles. The lowest BCUT2D eigenvalue weighted by molar-refractivity contribution is -0.144. The Bertz CT molecular complexity index is 851. The van der Waals surface area contributed by atoms with E-state index in [0.29, 0.717) is 29.2 Å². The second kappa shape index (κ2) is 14.3. The molecule has 0 atom stereocenters. The highest BCUT2D eigenvalue weighted by Gasteiger charge is 2.15. The van der Waals surface area contributed by atoms with Crippen LogP contribution in [-0.2, 0) is 14.3 Å². The van der Waals surface area contributed by atoms with Crippen molar-refractivity contribution >= 4 is 45.9 Å². The van der Waals surface area contributed by atoms with Crippen molar-refractivity contribution in [2.45, 2.75) is 77.6 Å². The van der Waals surface area contributed by atoms with Crippen LogP contribution in [0.25, 0.3) is 10.8 Å². The van der Waals surface area contributed by atoms with Gasteiger partial charge >= 0.3 is 11.9 Å². The minimum Gasteiger partial charge on any atom is -0.466 e. The molecule has 0 heterocycles. The summed E-state index contributed by atoms with van der Waals surface area (Å²) in [5.41, 5.74) is 0. The molecule has 0 bridgehead atoms. The first-order chi connectivity index (χ1) is 15.0. The Morgan fingerprint density at radius 3 is 2.10 bits per heavy atom. The third-order valence-electron chi connectivity index (χ3n) is 5.14. The molecule has 2 aromatic carbocycles. The molecule has 0 spiro atoms. The zero-order valence-corrected chi connectivity index (χ0v) is 19.8. The number of esters is 2. The molecule has 0 fully saturated rings. The van der Waals surface area contributed by atoms with E-state index < -0.39 is 5.97 Å². The van der Waals surface area contributed by atoms with Crippen LogP contribution in [0.3, 0.4) is 0 Å². The van der Waals surface area contributed by atoms with E-state index in [1.165, 1.54) is 38.5 Å². The maximum absolute atomic E-state index is 12.2. The van der Waals surface area contributed by atoms with Gasteiger partial charge in [-0.1, -0.05) is 99.3 Å². The molecular weight excluding hydrogens is 435 g/mol. The van der Waals surface area contributed by atoms with Gasteiger partial charge in [0.25, 0.3) is 0 Å². The summed E-state index contributed by atoms with van der Waals surface area (Å²) in [5.74, 6) is -0.417. The Morgan fingerprint density at radius 1 is 0.774 bits per heavy atom. The molecule has 31 heavy (non-hydrogen) atoms. The molecule has 0 amide bonds. The Labute approximate surface area is 195 Å². The molecule has 2 aromatic rings. The molecular formula is C25H32Cl2O4. The van der Waals surface area contributed by atoms with E-state index in [1.807, 2.05) is 18.2 Å². The van der Waals surface area contributed by atoms with Crippen LogP contribution in [0, 0.1) is 0 Å². The van der Waals surface area contributed by atoms with Crippen LogP contribution in [0.4, 0.5) is 0 Å². The number of benzene rings is 2. The largest absolute Gasteiger partial charge is 0.466 e. The van der Waals surface area contributed by atoms with Gasteiger partial charge in [0.1, 0.15) is 0 Å². The van der Waals surface area contributed by atoms with E-state index in [1.54, 1.807) is 12.1 Å². The van der Waals surface area contributed by atoms with Crippen LogP contribution in [0.2, 0.25) is 10.0 Å². The first-order valence-corrected chi connectivity index (χ1v) is 12.0. The number of fused-ring (bicyclic) bond motifs is 1. The molecule has 0 saturated heterocycles. The second-order valence-corrected chi connectivity index (χ2v) is 8.55. The summed E-state index contributed by atoms with van der Waals surface area (Å²) in [4.78, 5) is 24.1. The van der Waals surface area contributed by atoms with Crippen molar-refractivity contribution in [3.05, 3.63) is 40.4 Å². The quantitative estimate of drug-likeness (QED) is 0.161. The topological polar surface area (TPSA) is 52.6 Å². The zero-order chi connectivity index (χ0) is 22.5. The van der Waals surface area contributed by atoms with Crippen molar-refractivity contribution in [1.82, 2.24) is 0 Å². The minimum atomic E-state index is -0.440. The van der Waals surface area contributed by atoms with E-state index in [9.17, 15) is 9.59 Å². The van der Waals surface area contributed by atoms with Crippen molar-refractivity contribution in [3.63, 3.8) is 0 Å².